The maximum atomic E-state index is 13.6. The van der Waals surface area contributed by atoms with Crippen molar-refractivity contribution in [1.29, 1.82) is 0 Å². The maximum absolute atomic E-state index is 13.6. The first-order chi connectivity index (χ1) is 23.6. The molecule has 13 nitrogen and oxygen atoms in total. The number of ether oxygens (including phenoxy) is 3. The molecule has 262 valence electrons. The van der Waals surface area contributed by atoms with Crippen molar-refractivity contribution in [3.63, 3.8) is 0 Å². The van der Waals surface area contributed by atoms with Crippen LogP contribution < -0.4 is 15.6 Å². The third kappa shape index (κ3) is 6.53. The van der Waals surface area contributed by atoms with Crippen molar-refractivity contribution >= 4 is 34.7 Å². The van der Waals surface area contributed by atoms with Gasteiger partial charge in [-0.1, -0.05) is 19.1 Å². The number of fused-ring (bicyclic) bond motifs is 5. The molecule has 0 saturated carbocycles. The number of rotatable bonds is 7. The fourth-order valence-corrected chi connectivity index (χ4v) is 6.29. The number of amides is 2. The molecule has 1 atom stereocenters. The monoisotopic (exact) mass is 683 g/mol. The molecule has 0 aliphatic carbocycles. The number of carbonyl (C=O) groups excluding carboxylic acids is 3. The fraction of sp³-hybridized carbons (Fsp3) is 0.378. The van der Waals surface area contributed by atoms with E-state index < -0.39 is 29.4 Å². The molecule has 0 spiro atoms. The SMILES string of the molecule is CC[C@@]1(O)C(=O)OCc2c1cc1n(c2=O)Cc2cc3c(CN(C)C)c(OC(=O)N(C)Cc4ccc(NC(=O)OC(C)(C)C)cc4)ccc3nc2-1. The van der Waals surface area contributed by atoms with E-state index in [1.54, 1.807) is 69.6 Å². The summed E-state index contributed by atoms with van der Waals surface area (Å²) in [4.78, 5) is 59.9. The zero-order chi connectivity index (χ0) is 36.1. The predicted molar refractivity (Wildman–Crippen MR) is 186 cm³/mol. The Hall–Kier alpha value is -5.27. The van der Waals surface area contributed by atoms with Gasteiger partial charge in [-0.2, -0.15) is 0 Å². The topological polar surface area (TPSA) is 153 Å². The van der Waals surface area contributed by atoms with E-state index in [4.69, 9.17) is 19.2 Å². The van der Waals surface area contributed by atoms with Crippen LogP contribution in [-0.2, 0) is 46.1 Å². The Morgan fingerprint density at radius 1 is 1.06 bits per heavy atom. The molecule has 2 aromatic carbocycles. The number of carbonyl (C=O) groups is 3. The summed E-state index contributed by atoms with van der Waals surface area (Å²) in [5.74, 6) is -0.387. The minimum absolute atomic E-state index is 0.0594. The van der Waals surface area contributed by atoms with Crippen molar-refractivity contribution in [2.45, 2.75) is 71.6 Å². The number of aromatic nitrogens is 2. The van der Waals surface area contributed by atoms with Gasteiger partial charge in [0, 0.05) is 47.9 Å². The summed E-state index contributed by atoms with van der Waals surface area (Å²) in [6, 6.07) is 14.2. The molecular weight excluding hydrogens is 642 g/mol. The zero-order valence-corrected chi connectivity index (χ0v) is 29.2. The largest absolute Gasteiger partial charge is 0.458 e. The van der Waals surface area contributed by atoms with Gasteiger partial charge in [0.15, 0.2) is 5.60 Å². The van der Waals surface area contributed by atoms with E-state index in [0.717, 1.165) is 22.1 Å². The van der Waals surface area contributed by atoms with Gasteiger partial charge >= 0.3 is 18.2 Å². The third-order valence-corrected chi connectivity index (χ3v) is 8.76. The fourth-order valence-electron chi connectivity index (χ4n) is 6.29. The molecule has 4 heterocycles. The standard InChI is InChI=1S/C37H41N5O8/c1-8-37(47)27-16-29-31-22(18-42(29)32(43)26(27)20-48-33(37)44)15-24-25(19-40(5)6)30(14-13-28(24)39-31)49-35(46)41(7)17-21-9-11-23(12-10-21)38-34(45)50-36(2,3)4/h9-16,47H,8,17-20H2,1-7H3,(H,38,45)/t37-/m0/s1. The maximum Gasteiger partial charge on any atom is 0.415 e. The number of pyridine rings is 2. The number of nitrogens with zero attached hydrogens (tertiary/aromatic N) is 4. The molecular formula is C37H41N5O8. The summed E-state index contributed by atoms with van der Waals surface area (Å²) in [6.45, 7) is 7.79. The summed E-state index contributed by atoms with van der Waals surface area (Å²) in [5, 5.41) is 14.6. The normalized spacial score (nSPS) is 16.4. The highest BCUT2D eigenvalue weighted by atomic mass is 16.6. The van der Waals surface area contributed by atoms with Gasteiger partial charge in [0.25, 0.3) is 5.56 Å². The second-order valence-electron chi connectivity index (χ2n) is 14.0. The molecule has 50 heavy (non-hydrogen) atoms. The van der Waals surface area contributed by atoms with E-state index in [9.17, 15) is 24.3 Å². The van der Waals surface area contributed by atoms with Gasteiger partial charge in [0.2, 0.25) is 0 Å². The van der Waals surface area contributed by atoms with Gasteiger partial charge in [-0.25, -0.2) is 19.4 Å². The lowest BCUT2D eigenvalue weighted by Crippen LogP contribution is -2.44. The van der Waals surface area contributed by atoms with E-state index in [0.29, 0.717) is 34.9 Å². The lowest BCUT2D eigenvalue weighted by molar-refractivity contribution is -0.172. The van der Waals surface area contributed by atoms with Crippen molar-refractivity contribution in [3.05, 3.63) is 86.7 Å². The predicted octanol–water partition coefficient (Wildman–Crippen LogP) is 5.12. The number of esters is 1. The molecule has 2 amide bonds. The van der Waals surface area contributed by atoms with Crippen LogP contribution in [0.2, 0.25) is 0 Å². The zero-order valence-electron chi connectivity index (χ0n) is 29.2. The number of aliphatic hydroxyl groups is 1. The van der Waals surface area contributed by atoms with Gasteiger partial charge in [-0.15, -0.1) is 0 Å². The number of nitrogens with one attached hydrogen (secondary N) is 1. The molecule has 2 N–H and O–H groups in total. The molecule has 0 bridgehead atoms. The van der Waals surface area contributed by atoms with Crippen molar-refractivity contribution < 1.29 is 33.7 Å². The van der Waals surface area contributed by atoms with Crippen LogP contribution in [0.1, 0.15) is 61.9 Å². The van der Waals surface area contributed by atoms with E-state index in [2.05, 4.69) is 5.32 Å². The summed E-state index contributed by atoms with van der Waals surface area (Å²) in [5.41, 5.74) is 2.34. The van der Waals surface area contributed by atoms with Crippen LogP contribution in [0.25, 0.3) is 22.3 Å². The summed E-state index contributed by atoms with van der Waals surface area (Å²) >= 11 is 0. The summed E-state index contributed by atoms with van der Waals surface area (Å²) in [7, 11) is 5.47. The molecule has 0 unspecified atom stereocenters. The summed E-state index contributed by atoms with van der Waals surface area (Å²) < 4.78 is 18.0. The first kappa shape index (κ1) is 34.6. The lowest BCUT2D eigenvalue weighted by Gasteiger charge is -2.31. The Kier molecular flexibility index (Phi) is 8.91. The Morgan fingerprint density at radius 2 is 1.78 bits per heavy atom. The van der Waals surface area contributed by atoms with Gasteiger partial charge < -0.3 is 33.7 Å². The van der Waals surface area contributed by atoms with Gasteiger partial charge in [-0.3, -0.25) is 10.1 Å². The lowest BCUT2D eigenvalue weighted by atomic mass is 9.86. The number of anilines is 1. The molecule has 2 aliphatic heterocycles. The Labute approximate surface area is 289 Å². The van der Waals surface area contributed by atoms with Crippen LogP contribution in [0.5, 0.6) is 5.75 Å². The van der Waals surface area contributed by atoms with Gasteiger partial charge in [0.05, 0.1) is 29.0 Å². The van der Waals surface area contributed by atoms with Crippen LogP contribution in [0.3, 0.4) is 0 Å². The summed E-state index contributed by atoms with van der Waals surface area (Å²) in [6.07, 6.45) is -1.05. The molecule has 2 aliphatic rings. The number of hydrogen-bond acceptors (Lipinski definition) is 10. The minimum atomic E-state index is -1.91. The smallest absolute Gasteiger partial charge is 0.415 e. The van der Waals surface area contributed by atoms with Crippen LogP contribution in [0, 0.1) is 0 Å². The van der Waals surface area contributed by atoms with Gasteiger partial charge in [-0.05, 0) is 83.2 Å². The third-order valence-electron chi connectivity index (χ3n) is 8.76. The molecule has 0 saturated heterocycles. The number of benzene rings is 2. The Balaban J connectivity index is 1.25. The quantitative estimate of drug-likeness (QED) is 0.221. The molecule has 4 aromatic rings. The number of cyclic esters (lactones) is 1. The van der Waals surface area contributed by atoms with E-state index in [-0.39, 0.29) is 42.8 Å². The minimum Gasteiger partial charge on any atom is -0.458 e. The highest BCUT2D eigenvalue weighted by molar-refractivity contribution is 5.90. The average molecular weight is 684 g/mol. The van der Waals surface area contributed by atoms with Crippen LogP contribution >= 0.6 is 0 Å². The van der Waals surface area contributed by atoms with Crippen LogP contribution in [0.15, 0.2) is 53.3 Å². The van der Waals surface area contributed by atoms with Crippen LogP contribution in [0.4, 0.5) is 15.3 Å². The Bertz CT molecular complexity index is 2080. The Morgan fingerprint density at radius 3 is 2.44 bits per heavy atom. The van der Waals surface area contributed by atoms with Crippen molar-refractivity contribution in [1.82, 2.24) is 19.4 Å². The van der Waals surface area contributed by atoms with E-state index in [1.165, 1.54) is 4.90 Å². The first-order valence-corrected chi connectivity index (χ1v) is 16.4. The number of hydrogen-bond donors (Lipinski definition) is 2. The van der Waals surface area contributed by atoms with Crippen molar-refractivity contribution in [2.75, 3.05) is 26.5 Å². The molecule has 6 rings (SSSR count). The second kappa shape index (κ2) is 12.9. The average Bonchev–Trinajstić information content (AvgIpc) is 3.41. The highest BCUT2D eigenvalue weighted by Gasteiger charge is 2.45. The van der Waals surface area contributed by atoms with Gasteiger partial charge in [0.1, 0.15) is 18.0 Å². The van der Waals surface area contributed by atoms with Crippen molar-refractivity contribution in [2.24, 2.45) is 0 Å². The second-order valence-corrected chi connectivity index (χ2v) is 14.0. The van der Waals surface area contributed by atoms with Crippen molar-refractivity contribution in [3.8, 4) is 17.1 Å². The first-order valence-electron chi connectivity index (χ1n) is 16.4. The molecule has 0 fully saturated rings. The van der Waals surface area contributed by atoms with E-state index >= 15 is 0 Å². The van der Waals surface area contributed by atoms with Crippen LogP contribution in [-0.4, -0.2) is 69.4 Å². The molecule has 0 radical (unpaired) electrons. The van der Waals surface area contributed by atoms with E-state index in [1.807, 2.05) is 37.2 Å². The molecule has 2 aromatic heterocycles. The molecule has 13 heteroatoms. The highest BCUT2D eigenvalue weighted by Crippen LogP contribution is 2.40.